The van der Waals surface area contributed by atoms with Crippen LogP contribution in [-0.2, 0) is 9.59 Å². The first kappa shape index (κ1) is 13.0. The molecule has 8 nitrogen and oxygen atoms in total. The molecular formula is C8H13NO7. The second-order valence-corrected chi connectivity index (χ2v) is 4.05. The molecule has 1 fully saturated rings. The first-order valence-corrected chi connectivity index (χ1v) is 4.47. The van der Waals surface area contributed by atoms with Crippen LogP contribution in [0.4, 0.5) is 0 Å². The number of amides is 2. The predicted molar refractivity (Wildman–Crippen MR) is 47.3 cm³/mol. The standard InChI is InChI=1S/C8H13NO7/c1-3(2)6(12)4(10)9-5(11)7(13,14)8(6,15)16/h3,12-16H,1-2H3,(H,9,10,11). The van der Waals surface area contributed by atoms with E-state index < -0.39 is 34.9 Å². The van der Waals surface area contributed by atoms with Crippen molar-refractivity contribution in [3.05, 3.63) is 0 Å². The van der Waals surface area contributed by atoms with Crippen molar-refractivity contribution in [3.8, 4) is 0 Å². The molecule has 1 aliphatic heterocycles. The second-order valence-electron chi connectivity index (χ2n) is 4.05. The van der Waals surface area contributed by atoms with Gasteiger partial charge < -0.3 is 25.5 Å². The van der Waals surface area contributed by atoms with Crippen molar-refractivity contribution in [2.24, 2.45) is 5.92 Å². The molecule has 1 atom stereocenters. The summed E-state index contributed by atoms with van der Waals surface area (Å²) in [6.45, 7) is 2.49. The Hall–Kier alpha value is -1.06. The molecule has 0 spiro atoms. The van der Waals surface area contributed by atoms with Gasteiger partial charge in [0.1, 0.15) is 0 Å². The number of carbonyl (C=O) groups is 2. The van der Waals surface area contributed by atoms with Crippen molar-refractivity contribution >= 4 is 11.8 Å². The zero-order valence-electron chi connectivity index (χ0n) is 8.63. The van der Waals surface area contributed by atoms with Gasteiger partial charge in [-0.25, -0.2) is 0 Å². The Morgan fingerprint density at radius 3 is 1.81 bits per heavy atom. The van der Waals surface area contributed by atoms with Crippen molar-refractivity contribution in [1.82, 2.24) is 5.32 Å². The minimum absolute atomic E-state index is 1.07. The van der Waals surface area contributed by atoms with Crippen molar-refractivity contribution in [2.45, 2.75) is 31.0 Å². The Bertz CT molecular complexity index is 348. The highest BCUT2D eigenvalue weighted by atomic mass is 16.6. The minimum atomic E-state index is -3.70. The monoisotopic (exact) mass is 235 g/mol. The quantitative estimate of drug-likeness (QED) is 0.203. The fourth-order valence-corrected chi connectivity index (χ4v) is 1.53. The van der Waals surface area contributed by atoms with Gasteiger partial charge in [-0.2, -0.15) is 0 Å². The van der Waals surface area contributed by atoms with Crippen LogP contribution in [0.25, 0.3) is 0 Å². The van der Waals surface area contributed by atoms with Crippen LogP contribution in [-0.4, -0.2) is 54.5 Å². The molecule has 16 heavy (non-hydrogen) atoms. The van der Waals surface area contributed by atoms with E-state index in [1.165, 1.54) is 19.2 Å². The topological polar surface area (TPSA) is 147 Å². The molecule has 1 heterocycles. The van der Waals surface area contributed by atoms with Gasteiger partial charge in [-0.3, -0.25) is 14.9 Å². The number of nitrogens with one attached hydrogen (secondary N) is 1. The number of aliphatic hydroxyl groups is 5. The Balaban J connectivity index is 3.41. The lowest BCUT2D eigenvalue weighted by atomic mass is 9.74. The summed E-state index contributed by atoms with van der Waals surface area (Å²) in [4.78, 5) is 22.3. The third-order valence-corrected chi connectivity index (χ3v) is 2.74. The summed E-state index contributed by atoms with van der Waals surface area (Å²) in [5.41, 5.74) is -2.91. The molecule has 1 rings (SSSR count). The van der Waals surface area contributed by atoms with Crippen molar-refractivity contribution < 1.29 is 35.1 Å². The van der Waals surface area contributed by atoms with Gasteiger partial charge >= 0.3 is 5.79 Å². The van der Waals surface area contributed by atoms with E-state index >= 15 is 0 Å². The molecule has 0 radical (unpaired) electrons. The van der Waals surface area contributed by atoms with Gasteiger partial charge in [0, 0.05) is 0 Å². The summed E-state index contributed by atoms with van der Waals surface area (Å²) < 4.78 is 0. The van der Waals surface area contributed by atoms with E-state index in [4.69, 9.17) is 0 Å². The van der Waals surface area contributed by atoms with Gasteiger partial charge in [-0.15, -0.1) is 0 Å². The summed E-state index contributed by atoms with van der Waals surface area (Å²) in [6, 6.07) is 0. The number of rotatable bonds is 1. The zero-order valence-corrected chi connectivity index (χ0v) is 8.63. The van der Waals surface area contributed by atoms with Gasteiger partial charge in [-0.05, 0) is 5.92 Å². The van der Waals surface area contributed by atoms with Crippen LogP contribution < -0.4 is 5.32 Å². The van der Waals surface area contributed by atoms with E-state index in [-0.39, 0.29) is 0 Å². The number of carbonyl (C=O) groups excluding carboxylic acids is 2. The SMILES string of the molecule is CC(C)C1(O)C(=O)NC(=O)C(O)(O)C1(O)O. The highest BCUT2D eigenvalue weighted by Gasteiger charge is 2.73. The molecule has 0 aromatic rings. The lowest BCUT2D eigenvalue weighted by Crippen LogP contribution is -2.82. The van der Waals surface area contributed by atoms with E-state index in [1.807, 2.05) is 0 Å². The summed E-state index contributed by atoms with van der Waals surface area (Å²) in [5, 5.41) is 48.6. The van der Waals surface area contributed by atoms with Crippen LogP contribution in [0.2, 0.25) is 0 Å². The number of hydrogen-bond donors (Lipinski definition) is 6. The van der Waals surface area contributed by atoms with Gasteiger partial charge in [0.15, 0.2) is 0 Å². The van der Waals surface area contributed by atoms with Gasteiger partial charge in [-0.1, -0.05) is 13.8 Å². The van der Waals surface area contributed by atoms with E-state index in [9.17, 15) is 35.1 Å². The average Bonchev–Trinajstić information content (AvgIpc) is 2.13. The maximum atomic E-state index is 11.3. The molecule has 8 heteroatoms. The smallest absolute Gasteiger partial charge is 0.304 e. The molecule has 0 bridgehead atoms. The summed E-state index contributed by atoms with van der Waals surface area (Å²) in [7, 11) is 0. The molecule has 0 saturated carbocycles. The van der Waals surface area contributed by atoms with Crippen LogP contribution in [0.1, 0.15) is 13.8 Å². The van der Waals surface area contributed by atoms with Crippen LogP contribution in [0.3, 0.4) is 0 Å². The fourth-order valence-electron chi connectivity index (χ4n) is 1.53. The van der Waals surface area contributed by atoms with Crippen molar-refractivity contribution in [3.63, 3.8) is 0 Å². The Morgan fingerprint density at radius 2 is 1.44 bits per heavy atom. The molecule has 2 amide bonds. The average molecular weight is 235 g/mol. The Kier molecular flexibility index (Phi) is 2.61. The number of piperidine rings is 1. The first-order chi connectivity index (χ1) is 6.99. The van der Waals surface area contributed by atoms with E-state index in [0.29, 0.717) is 0 Å². The highest BCUT2D eigenvalue weighted by molar-refractivity contribution is 6.06. The highest BCUT2D eigenvalue weighted by Crippen LogP contribution is 2.38. The number of imide groups is 1. The second kappa shape index (κ2) is 3.22. The maximum absolute atomic E-state index is 11.3. The minimum Gasteiger partial charge on any atom is -0.375 e. The van der Waals surface area contributed by atoms with E-state index in [2.05, 4.69) is 0 Å². The van der Waals surface area contributed by atoms with Crippen LogP contribution >= 0.6 is 0 Å². The lowest BCUT2D eigenvalue weighted by molar-refractivity contribution is -0.395. The zero-order chi connectivity index (χ0) is 12.9. The largest absolute Gasteiger partial charge is 0.375 e. The van der Waals surface area contributed by atoms with Crippen LogP contribution in [0.5, 0.6) is 0 Å². The Labute approximate surface area is 90.1 Å². The normalized spacial score (nSPS) is 32.8. The van der Waals surface area contributed by atoms with Crippen molar-refractivity contribution in [1.29, 1.82) is 0 Å². The Morgan fingerprint density at radius 1 is 1.00 bits per heavy atom. The van der Waals surface area contributed by atoms with Crippen LogP contribution in [0.15, 0.2) is 0 Å². The van der Waals surface area contributed by atoms with Gasteiger partial charge in [0.25, 0.3) is 17.6 Å². The first-order valence-electron chi connectivity index (χ1n) is 4.47. The predicted octanol–water partition coefficient (Wildman–Crippen LogP) is -3.61. The van der Waals surface area contributed by atoms with Crippen molar-refractivity contribution in [2.75, 3.05) is 0 Å². The third-order valence-electron chi connectivity index (χ3n) is 2.74. The molecule has 6 N–H and O–H groups in total. The number of hydrogen-bond acceptors (Lipinski definition) is 7. The lowest BCUT2D eigenvalue weighted by Gasteiger charge is -2.48. The molecule has 0 aromatic heterocycles. The molecule has 92 valence electrons. The molecule has 1 unspecified atom stereocenters. The summed E-state index contributed by atoms with van der Waals surface area (Å²) >= 11 is 0. The summed E-state index contributed by atoms with van der Waals surface area (Å²) in [6.07, 6.45) is 0. The van der Waals surface area contributed by atoms with Gasteiger partial charge in [0.2, 0.25) is 5.60 Å². The third kappa shape index (κ3) is 1.22. The molecular weight excluding hydrogens is 222 g/mol. The van der Waals surface area contributed by atoms with Gasteiger partial charge in [0.05, 0.1) is 0 Å². The van der Waals surface area contributed by atoms with Crippen LogP contribution in [0, 0.1) is 5.92 Å². The van der Waals surface area contributed by atoms with E-state index in [1.54, 1.807) is 0 Å². The summed E-state index contributed by atoms with van der Waals surface area (Å²) in [5.74, 6) is -11.6. The molecule has 1 saturated heterocycles. The molecule has 0 aliphatic carbocycles. The fraction of sp³-hybridized carbons (Fsp3) is 0.750. The molecule has 0 aromatic carbocycles. The molecule has 1 aliphatic rings. The maximum Gasteiger partial charge on any atom is 0.304 e. The van der Waals surface area contributed by atoms with E-state index in [0.717, 1.165) is 0 Å².